The zero-order valence-corrected chi connectivity index (χ0v) is 21.4. The number of carbonyl (C=O) groups is 1. The van der Waals surface area contributed by atoms with Gasteiger partial charge in [-0.3, -0.25) is 0 Å². The Morgan fingerprint density at radius 3 is 2.61 bits per heavy atom. The van der Waals surface area contributed by atoms with E-state index in [9.17, 15) is 4.79 Å². The van der Waals surface area contributed by atoms with E-state index in [2.05, 4.69) is 30.8 Å². The molecule has 2 aromatic carbocycles. The predicted molar refractivity (Wildman–Crippen MR) is 146 cm³/mol. The van der Waals surface area contributed by atoms with Crippen LogP contribution < -0.4 is 25.1 Å². The highest BCUT2D eigenvalue weighted by molar-refractivity contribution is 7.12. The topological polar surface area (TPSA) is 123 Å². The number of esters is 1. The molecule has 3 heterocycles. The number of nitrogens with one attached hydrogen (secondary N) is 2. The number of morpholine rings is 1. The molecule has 0 unspecified atom stereocenters. The zero-order chi connectivity index (χ0) is 26.2. The van der Waals surface area contributed by atoms with Gasteiger partial charge in [-0.15, -0.1) is 11.3 Å². The van der Waals surface area contributed by atoms with Crippen molar-refractivity contribution < 1.29 is 19.0 Å². The molecule has 0 radical (unpaired) electrons. The monoisotopic (exact) mass is 531 g/mol. The minimum absolute atomic E-state index is 0.282. The normalized spacial score (nSPS) is 13.3. The number of aromatic nitrogens is 3. The second-order valence-corrected chi connectivity index (χ2v) is 8.97. The number of para-hydroxylation sites is 1. The van der Waals surface area contributed by atoms with Gasteiger partial charge in [-0.05, 0) is 47.3 Å². The van der Waals surface area contributed by atoms with Crippen molar-refractivity contribution >= 4 is 47.1 Å². The smallest absolute Gasteiger partial charge is 0.353 e. The average molecular weight is 532 g/mol. The van der Waals surface area contributed by atoms with Crippen LogP contribution in [0.25, 0.3) is 0 Å². The van der Waals surface area contributed by atoms with Gasteiger partial charge < -0.3 is 24.4 Å². The van der Waals surface area contributed by atoms with E-state index in [-0.39, 0.29) is 5.95 Å². The molecule has 1 aliphatic heterocycles. The summed E-state index contributed by atoms with van der Waals surface area (Å²) in [5.41, 5.74) is 4.46. The molecule has 1 aliphatic rings. The minimum Gasteiger partial charge on any atom is -0.493 e. The number of nitrogens with zero attached hydrogens (tertiary/aromatic N) is 5. The molecular formula is C26H25N7O4S. The van der Waals surface area contributed by atoms with E-state index in [1.165, 1.54) is 18.4 Å². The Morgan fingerprint density at radius 2 is 1.84 bits per heavy atom. The summed E-state index contributed by atoms with van der Waals surface area (Å²) in [6.45, 7) is 2.57. The fraction of sp³-hybridized carbons (Fsp3) is 0.192. The van der Waals surface area contributed by atoms with Crippen molar-refractivity contribution in [3.05, 3.63) is 76.5 Å². The van der Waals surface area contributed by atoms with Crippen LogP contribution in [0.2, 0.25) is 0 Å². The first-order valence-electron chi connectivity index (χ1n) is 11.8. The van der Waals surface area contributed by atoms with Crippen molar-refractivity contribution in [3.8, 4) is 11.5 Å². The fourth-order valence-corrected chi connectivity index (χ4v) is 4.18. The van der Waals surface area contributed by atoms with Gasteiger partial charge in [-0.25, -0.2) is 10.2 Å². The number of hydrogen-bond donors (Lipinski definition) is 2. The third-order valence-corrected chi connectivity index (χ3v) is 6.29. The number of hydrazone groups is 1. The van der Waals surface area contributed by atoms with Gasteiger partial charge in [-0.1, -0.05) is 24.3 Å². The summed E-state index contributed by atoms with van der Waals surface area (Å²) >= 11 is 1.31. The summed E-state index contributed by atoms with van der Waals surface area (Å²) in [7, 11) is 1.51. The highest BCUT2D eigenvalue weighted by Crippen LogP contribution is 2.29. The largest absolute Gasteiger partial charge is 0.493 e. The molecule has 0 bridgehead atoms. The van der Waals surface area contributed by atoms with E-state index in [0.717, 1.165) is 11.3 Å². The first kappa shape index (κ1) is 25.1. The molecule has 0 atom stereocenters. The van der Waals surface area contributed by atoms with Crippen molar-refractivity contribution in [1.82, 2.24) is 15.0 Å². The molecule has 1 fully saturated rings. The number of methoxy groups -OCH3 is 1. The van der Waals surface area contributed by atoms with Crippen LogP contribution >= 0.6 is 11.3 Å². The third kappa shape index (κ3) is 6.41. The highest BCUT2D eigenvalue weighted by atomic mass is 32.1. The lowest BCUT2D eigenvalue weighted by atomic mass is 10.2. The maximum Gasteiger partial charge on any atom is 0.353 e. The lowest BCUT2D eigenvalue weighted by molar-refractivity contribution is 0.0735. The van der Waals surface area contributed by atoms with Gasteiger partial charge in [0.05, 0.1) is 26.5 Å². The van der Waals surface area contributed by atoms with E-state index < -0.39 is 5.97 Å². The number of hydrogen-bond acceptors (Lipinski definition) is 12. The molecule has 4 aromatic rings. The van der Waals surface area contributed by atoms with Crippen LogP contribution in [-0.4, -0.2) is 60.5 Å². The van der Waals surface area contributed by atoms with Gasteiger partial charge in [0.2, 0.25) is 17.8 Å². The van der Waals surface area contributed by atoms with Crippen molar-refractivity contribution in [2.24, 2.45) is 5.10 Å². The average Bonchev–Trinajstić information content (AvgIpc) is 3.50. The van der Waals surface area contributed by atoms with Crippen molar-refractivity contribution in [2.45, 2.75) is 0 Å². The summed E-state index contributed by atoms with van der Waals surface area (Å²) in [6.07, 6.45) is 1.59. The summed E-state index contributed by atoms with van der Waals surface area (Å²) in [5, 5.41) is 9.32. The van der Waals surface area contributed by atoms with E-state index in [0.29, 0.717) is 54.6 Å². The molecule has 1 saturated heterocycles. The Balaban J connectivity index is 1.31. The SMILES string of the molecule is COc1cc(/C=N\Nc2nc(Nc3ccccc3)nc(N3CCOCC3)n2)ccc1OC(=O)c1cccs1. The standard InChI is InChI=1S/C26H25N7O4S/c1-35-21-16-18(9-10-20(21)37-23(34)22-8-5-15-38-22)17-27-32-25-29-24(28-19-6-3-2-4-7-19)30-26(31-25)33-11-13-36-14-12-33/h2-10,15-17H,11-14H2,1H3,(H2,28,29,30,31,32)/b27-17-. The lowest BCUT2D eigenvalue weighted by Gasteiger charge is -2.27. The van der Waals surface area contributed by atoms with Crippen LogP contribution in [0.4, 0.5) is 23.5 Å². The number of benzene rings is 2. The van der Waals surface area contributed by atoms with Gasteiger partial charge in [0.25, 0.3) is 0 Å². The maximum absolute atomic E-state index is 12.3. The quantitative estimate of drug-likeness (QED) is 0.141. The summed E-state index contributed by atoms with van der Waals surface area (Å²) in [4.78, 5) is 28.4. The summed E-state index contributed by atoms with van der Waals surface area (Å²) in [5.74, 6) is 1.49. The highest BCUT2D eigenvalue weighted by Gasteiger charge is 2.17. The van der Waals surface area contributed by atoms with Gasteiger partial charge in [0.15, 0.2) is 11.5 Å². The van der Waals surface area contributed by atoms with Crippen LogP contribution in [-0.2, 0) is 4.74 Å². The first-order valence-corrected chi connectivity index (χ1v) is 12.7. The lowest BCUT2D eigenvalue weighted by Crippen LogP contribution is -2.37. The number of rotatable bonds is 9. The first-order chi connectivity index (χ1) is 18.7. The Morgan fingerprint density at radius 1 is 1.03 bits per heavy atom. The summed E-state index contributed by atoms with van der Waals surface area (Å²) in [6, 6.07) is 18.3. The molecule has 0 amide bonds. The number of ether oxygens (including phenoxy) is 3. The van der Waals surface area contributed by atoms with Crippen LogP contribution in [0.5, 0.6) is 11.5 Å². The van der Waals surface area contributed by atoms with Crippen LogP contribution in [0.15, 0.2) is 71.1 Å². The number of carbonyl (C=O) groups excluding carboxylic acids is 1. The van der Waals surface area contributed by atoms with E-state index >= 15 is 0 Å². The molecule has 5 rings (SSSR count). The van der Waals surface area contributed by atoms with Gasteiger partial charge in [0.1, 0.15) is 4.88 Å². The van der Waals surface area contributed by atoms with Crippen LogP contribution in [0.3, 0.4) is 0 Å². The van der Waals surface area contributed by atoms with E-state index in [1.807, 2.05) is 40.6 Å². The fourth-order valence-electron chi connectivity index (χ4n) is 3.58. The van der Waals surface area contributed by atoms with Crippen LogP contribution in [0.1, 0.15) is 15.2 Å². The second kappa shape index (κ2) is 12.1. The third-order valence-electron chi connectivity index (χ3n) is 5.44. The second-order valence-electron chi connectivity index (χ2n) is 8.02. The maximum atomic E-state index is 12.3. The zero-order valence-electron chi connectivity index (χ0n) is 20.5. The Bertz CT molecular complexity index is 1390. The molecule has 194 valence electrons. The van der Waals surface area contributed by atoms with E-state index in [1.54, 1.807) is 36.5 Å². The predicted octanol–water partition coefficient (Wildman–Crippen LogP) is 4.19. The van der Waals surface area contributed by atoms with Crippen molar-refractivity contribution in [2.75, 3.05) is 49.1 Å². The molecule has 0 saturated carbocycles. The molecule has 11 nitrogen and oxygen atoms in total. The molecule has 0 spiro atoms. The molecule has 2 N–H and O–H groups in total. The molecule has 38 heavy (non-hydrogen) atoms. The molecular weight excluding hydrogens is 506 g/mol. The van der Waals surface area contributed by atoms with Crippen molar-refractivity contribution in [3.63, 3.8) is 0 Å². The molecule has 2 aromatic heterocycles. The Labute approximate surface area is 223 Å². The van der Waals surface area contributed by atoms with E-state index in [4.69, 9.17) is 14.2 Å². The molecule has 12 heteroatoms. The van der Waals surface area contributed by atoms with Crippen LogP contribution in [0, 0.1) is 0 Å². The van der Waals surface area contributed by atoms with Crippen molar-refractivity contribution in [1.29, 1.82) is 0 Å². The van der Waals surface area contributed by atoms with Gasteiger partial charge in [-0.2, -0.15) is 20.1 Å². The Hall–Kier alpha value is -4.55. The van der Waals surface area contributed by atoms with Gasteiger partial charge >= 0.3 is 5.97 Å². The number of anilines is 4. The summed E-state index contributed by atoms with van der Waals surface area (Å²) < 4.78 is 16.3. The number of thiophene rings is 1. The molecule has 0 aliphatic carbocycles. The van der Waals surface area contributed by atoms with Gasteiger partial charge in [0, 0.05) is 18.8 Å². The Kier molecular flexibility index (Phi) is 8.01. The minimum atomic E-state index is -0.438.